The second kappa shape index (κ2) is 9.73. The van der Waals surface area contributed by atoms with Crippen molar-refractivity contribution >= 4 is 17.5 Å². The molecule has 2 aromatic carbocycles. The molecule has 1 aliphatic heterocycles. The van der Waals surface area contributed by atoms with Crippen molar-refractivity contribution in [1.29, 1.82) is 0 Å². The Morgan fingerprint density at radius 3 is 2.12 bits per heavy atom. The van der Waals surface area contributed by atoms with Gasteiger partial charge in [0.2, 0.25) is 5.91 Å². The normalized spacial score (nSPS) is 18.5. The number of piperazine rings is 1. The summed E-state index contributed by atoms with van der Waals surface area (Å²) >= 11 is 0. The first-order valence-electron chi connectivity index (χ1n) is 11.0. The first-order valence-corrected chi connectivity index (χ1v) is 11.0. The van der Waals surface area contributed by atoms with Gasteiger partial charge in [-0.2, -0.15) is 0 Å². The summed E-state index contributed by atoms with van der Waals surface area (Å²) in [5, 5.41) is 2.90. The van der Waals surface area contributed by atoms with Crippen molar-refractivity contribution in [2.45, 2.75) is 31.7 Å². The number of rotatable bonds is 5. The van der Waals surface area contributed by atoms with E-state index < -0.39 is 17.5 Å². The van der Waals surface area contributed by atoms with Crippen LogP contribution in [0.5, 0.6) is 0 Å². The molecule has 0 unspecified atom stereocenters. The zero-order valence-electron chi connectivity index (χ0n) is 17.7. The van der Waals surface area contributed by atoms with Crippen molar-refractivity contribution in [1.82, 2.24) is 9.80 Å². The van der Waals surface area contributed by atoms with E-state index in [4.69, 9.17) is 0 Å². The zero-order valence-corrected chi connectivity index (χ0v) is 17.7. The molecule has 1 N–H and O–H groups in total. The predicted octanol–water partition coefficient (Wildman–Crippen LogP) is 4.06. The molecule has 0 bridgehead atoms. The molecule has 2 fully saturated rings. The van der Waals surface area contributed by atoms with Crippen LogP contribution in [0.3, 0.4) is 0 Å². The molecule has 0 aromatic heterocycles. The summed E-state index contributed by atoms with van der Waals surface area (Å²) in [6.07, 6.45) is 4.07. The standard InChI is InChI=1S/C24H26F3N3O2/c25-17-5-8-19(9-6-17)28-23(31)22(16-3-1-2-4-16)29-11-13-30(14-12-29)24(32)20-10-7-18(26)15-21(20)27/h5-10,15-16,22H,1-4,11-14H2,(H,28,31)/t22-/m0/s1. The Hall–Kier alpha value is -2.87. The number of carbonyl (C=O) groups is 2. The van der Waals surface area contributed by atoms with E-state index in [-0.39, 0.29) is 29.2 Å². The summed E-state index contributed by atoms with van der Waals surface area (Å²) in [6.45, 7) is 1.66. The molecule has 1 atom stereocenters. The van der Waals surface area contributed by atoms with Gasteiger partial charge in [0.05, 0.1) is 11.6 Å². The van der Waals surface area contributed by atoms with Gasteiger partial charge in [0.15, 0.2) is 0 Å². The minimum absolute atomic E-state index is 0.132. The lowest BCUT2D eigenvalue weighted by molar-refractivity contribution is -0.123. The molecule has 0 spiro atoms. The van der Waals surface area contributed by atoms with Gasteiger partial charge in [-0.25, -0.2) is 13.2 Å². The predicted molar refractivity (Wildman–Crippen MR) is 115 cm³/mol. The molecular formula is C24H26F3N3O2. The SMILES string of the molecule is O=C(Nc1ccc(F)cc1)[C@H](C1CCCC1)N1CCN(C(=O)c2ccc(F)cc2F)CC1. The fourth-order valence-electron chi connectivity index (χ4n) is 4.74. The lowest BCUT2D eigenvalue weighted by atomic mass is 9.94. The van der Waals surface area contributed by atoms with Crippen LogP contribution in [0.15, 0.2) is 42.5 Å². The van der Waals surface area contributed by atoms with Crippen LogP contribution in [0.4, 0.5) is 18.9 Å². The van der Waals surface area contributed by atoms with Crippen molar-refractivity contribution in [3.05, 3.63) is 65.5 Å². The van der Waals surface area contributed by atoms with Gasteiger partial charge in [-0.3, -0.25) is 14.5 Å². The number of carbonyl (C=O) groups excluding carboxylic acids is 2. The Balaban J connectivity index is 1.43. The number of nitrogens with one attached hydrogen (secondary N) is 1. The van der Waals surface area contributed by atoms with Crippen molar-refractivity contribution < 1.29 is 22.8 Å². The second-order valence-electron chi connectivity index (χ2n) is 8.44. The molecule has 2 aromatic rings. The van der Waals surface area contributed by atoms with Crippen molar-refractivity contribution in [3.63, 3.8) is 0 Å². The van der Waals surface area contributed by atoms with E-state index in [0.29, 0.717) is 37.9 Å². The van der Waals surface area contributed by atoms with E-state index in [9.17, 15) is 22.8 Å². The Bertz CT molecular complexity index is 969. The summed E-state index contributed by atoms with van der Waals surface area (Å²) in [4.78, 5) is 29.5. The van der Waals surface area contributed by atoms with E-state index in [1.807, 2.05) is 0 Å². The third kappa shape index (κ3) is 4.96. The molecule has 0 radical (unpaired) electrons. The highest BCUT2D eigenvalue weighted by atomic mass is 19.1. The van der Waals surface area contributed by atoms with Crippen LogP contribution >= 0.6 is 0 Å². The first-order chi connectivity index (χ1) is 15.4. The maximum Gasteiger partial charge on any atom is 0.256 e. The van der Waals surface area contributed by atoms with Gasteiger partial charge in [-0.05, 0) is 55.2 Å². The van der Waals surface area contributed by atoms with Crippen LogP contribution in [0.2, 0.25) is 0 Å². The average Bonchev–Trinajstić information content (AvgIpc) is 3.30. The molecule has 1 saturated heterocycles. The topological polar surface area (TPSA) is 52.7 Å². The van der Waals surface area contributed by atoms with E-state index >= 15 is 0 Å². The lowest BCUT2D eigenvalue weighted by Gasteiger charge is -2.40. The quantitative estimate of drug-likeness (QED) is 0.755. The summed E-state index contributed by atoms with van der Waals surface area (Å²) in [6, 6.07) is 8.28. The Kier molecular flexibility index (Phi) is 6.79. The maximum absolute atomic E-state index is 14.0. The molecule has 32 heavy (non-hydrogen) atoms. The van der Waals surface area contributed by atoms with Gasteiger partial charge in [-0.1, -0.05) is 12.8 Å². The van der Waals surface area contributed by atoms with E-state index in [2.05, 4.69) is 10.2 Å². The smallest absolute Gasteiger partial charge is 0.256 e. The third-order valence-electron chi connectivity index (χ3n) is 6.38. The van der Waals surface area contributed by atoms with E-state index in [1.165, 1.54) is 29.2 Å². The summed E-state index contributed by atoms with van der Waals surface area (Å²) in [7, 11) is 0. The van der Waals surface area contributed by atoms with Crippen molar-refractivity contribution in [2.24, 2.45) is 5.92 Å². The highest BCUT2D eigenvalue weighted by Crippen LogP contribution is 2.32. The van der Waals surface area contributed by atoms with Gasteiger partial charge in [0.25, 0.3) is 5.91 Å². The Morgan fingerprint density at radius 2 is 1.50 bits per heavy atom. The summed E-state index contributed by atoms with van der Waals surface area (Å²) < 4.78 is 40.4. The number of hydrogen-bond donors (Lipinski definition) is 1. The molecule has 2 aliphatic rings. The second-order valence-corrected chi connectivity index (χ2v) is 8.44. The van der Waals surface area contributed by atoms with Gasteiger partial charge < -0.3 is 10.2 Å². The molecule has 1 aliphatic carbocycles. The third-order valence-corrected chi connectivity index (χ3v) is 6.38. The van der Waals surface area contributed by atoms with Gasteiger partial charge >= 0.3 is 0 Å². The number of halogens is 3. The fraction of sp³-hybridized carbons (Fsp3) is 0.417. The van der Waals surface area contributed by atoms with Crippen LogP contribution in [-0.4, -0.2) is 53.8 Å². The molecule has 1 saturated carbocycles. The summed E-state index contributed by atoms with van der Waals surface area (Å²) in [5.41, 5.74) is 0.390. The molecular weight excluding hydrogens is 419 g/mol. The van der Waals surface area contributed by atoms with Crippen molar-refractivity contribution in [3.8, 4) is 0 Å². The molecule has 8 heteroatoms. The van der Waals surface area contributed by atoms with Crippen LogP contribution in [0, 0.1) is 23.4 Å². The number of nitrogens with zero attached hydrogens (tertiary/aromatic N) is 2. The number of hydrogen-bond acceptors (Lipinski definition) is 3. The van der Waals surface area contributed by atoms with E-state index in [1.54, 1.807) is 0 Å². The Labute approximate surface area is 185 Å². The van der Waals surface area contributed by atoms with Crippen LogP contribution in [-0.2, 0) is 4.79 Å². The monoisotopic (exact) mass is 445 g/mol. The highest BCUT2D eigenvalue weighted by Gasteiger charge is 2.37. The Morgan fingerprint density at radius 1 is 0.875 bits per heavy atom. The number of benzene rings is 2. The molecule has 2 amide bonds. The number of amides is 2. The number of anilines is 1. The van der Waals surface area contributed by atoms with Crippen LogP contribution < -0.4 is 5.32 Å². The van der Waals surface area contributed by atoms with Gasteiger partial charge in [-0.15, -0.1) is 0 Å². The first kappa shape index (κ1) is 22.3. The lowest BCUT2D eigenvalue weighted by Crippen LogP contribution is -2.57. The maximum atomic E-state index is 14.0. The van der Waals surface area contributed by atoms with Gasteiger partial charge in [0.1, 0.15) is 17.5 Å². The largest absolute Gasteiger partial charge is 0.336 e. The highest BCUT2D eigenvalue weighted by molar-refractivity contribution is 5.95. The molecule has 4 rings (SSSR count). The van der Waals surface area contributed by atoms with Crippen molar-refractivity contribution in [2.75, 3.05) is 31.5 Å². The fourth-order valence-corrected chi connectivity index (χ4v) is 4.74. The minimum Gasteiger partial charge on any atom is -0.336 e. The summed E-state index contributed by atoms with van der Waals surface area (Å²) in [5.74, 6) is -2.36. The molecule has 170 valence electrons. The van der Waals surface area contributed by atoms with Gasteiger partial charge in [0, 0.05) is 37.9 Å². The minimum atomic E-state index is -0.875. The van der Waals surface area contributed by atoms with Crippen LogP contribution in [0.1, 0.15) is 36.0 Å². The zero-order chi connectivity index (χ0) is 22.7. The van der Waals surface area contributed by atoms with E-state index in [0.717, 1.165) is 37.8 Å². The van der Waals surface area contributed by atoms with Crippen LogP contribution in [0.25, 0.3) is 0 Å². The molecule has 5 nitrogen and oxygen atoms in total. The average molecular weight is 445 g/mol. The molecule has 1 heterocycles.